The number of hydrogen-bond donors (Lipinski definition) is 8. The largest absolute Gasteiger partial charge is 0.508 e. The fourth-order valence-corrected chi connectivity index (χ4v) is 4.00. The van der Waals surface area contributed by atoms with Crippen molar-refractivity contribution in [3.63, 3.8) is 0 Å². The van der Waals surface area contributed by atoms with Crippen LogP contribution in [0.5, 0.6) is 34.5 Å². The summed E-state index contributed by atoms with van der Waals surface area (Å²) in [6.45, 7) is -0.556. The predicted molar refractivity (Wildman–Crippen MR) is 148 cm³/mol. The van der Waals surface area contributed by atoms with E-state index in [0.29, 0.717) is 11.1 Å². The molecule has 5 atom stereocenters. The van der Waals surface area contributed by atoms with Crippen molar-refractivity contribution in [3.05, 3.63) is 83.4 Å². The molecule has 0 aliphatic carbocycles. The zero-order valence-electron chi connectivity index (χ0n) is 22.2. The normalized spacial score (nSPS) is 22.1. The minimum atomic E-state index is -1.83. The highest BCUT2D eigenvalue weighted by Crippen LogP contribution is 2.40. The van der Waals surface area contributed by atoms with E-state index in [0.717, 1.165) is 24.3 Å². The average Bonchev–Trinajstić information content (AvgIpc) is 2.99. The highest BCUT2D eigenvalue weighted by atomic mass is 16.7. The summed E-state index contributed by atoms with van der Waals surface area (Å²) in [4.78, 5) is 24.7. The number of aliphatic hydroxyl groups excluding tert-OH is 3. The molecule has 0 unspecified atom stereocenters. The minimum Gasteiger partial charge on any atom is -0.508 e. The van der Waals surface area contributed by atoms with Crippen LogP contribution in [0.2, 0.25) is 0 Å². The van der Waals surface area contributed by atoms with Crippen LogP contribution in [0.25, 0.3) is 12.2 Å². The van der Waals surface area contributed by atoms with Crippen LogP contribution in [-0.4, -0.2) is 89.9 Å². The molecule has 1 heterocycles. The van der Waals surface area contributed by atoms with Crippen LogP contribution in [0.1, 0.15) is 21.5 Å². The summed E-state index contributed by atoms with van der Waals surface area (Å²) in [5.74, 6) is -4.44. The van der Waals surface area contributed by atoms with Gasteiger partial charge in [0.25, 0.3) is 0 Å². The third kappa shape index (κ3) is 7.42. The molecular weight excluding hydrogens is 568 g/mol. The summed E-state index contributed by atoms with van der Waals surface area (Å²) in [7, 11) is 0. The molecule has 13 nitrogen and oxygen atoms in total. The Hall–Kier alpha value is -5.08. The smallest absolute Gasteiger partial charge is 0.330 e. The second-order valence-corrected chi connectivity index (χ2v) is 9.44. The number of phenolic OH excluding ortho intramolecular Hbond substituents is 5. The van der Waals surface area contributed by atoms with E-state index in [-0.39, 0.29) is 17.1 Å². The van der Waals surface area contributed by atoms with Crippen LogP contribution >= 0.6 is 0 Å². The zero-order valence-corrected chi connectivity index (χ0v) is 22.2. The number of aliphatic hydroxyl groups is 3. The van der Waals surface area contributed by atoms with Crippen molar-refractivity contribution in [1.82, 2.24) is 0 Å². The first kappa shape index (κ1) is 30.9. The lowest BCUT2D eigenvalue weighted by Gasteiger charge is -2.39. The molecule has 0 saturated carbocycles. The van der Waals surface area contributed by atoms with Gasteiger partial charge in [-0.2, -0.15) is 0 Å². The Labute approximate surface area is 244 Å². The Balaban J connectivity index is 1.41. The third-order valence-corrected chi connectivity index (χ3v) is 6.41. The van der Waals surface area contributed by atoms with E-state index in [1.807, 2.05) is 0 Å². The number of carbonyl (C=O) groups excluding carboxylic acids is 2. The summed E-state index contributed by atoms with van der Waals surface area (Å²) in [5, 5.41) is 80.2. The Morgan fingerprint density at radius 3 is 2.12 bits per heavy atom. The fourth-order valence-electron chi connectivity index (χ4n) is 4.00. The third-order valence-electron chi connectivity index (χ3n) is 6.41. The number of carbonyl (C=O) groups is 2. The van der Waals surface area contributed by atoms with Gasteiger partial charge in [-0.15, -0.1) is 0 Å². The maximum atomic E-state index is 12.6. The minimum absolute atomic E-state index is 0.0512. The molecule has 1 saturated heterocycles. The number of rotatable bonds is 9. The van der Waals surface area contributed by atoms with Gasteiger partial charge in [0.05, 0.1) is 5.56 Å². The van der Waals surface area contributed by atoms with Crippen LogP contribution < -0.4 is 4.74 Å². The van der Waals surface area contributed by atoms with Gasteiger partial charge in [-0.25, -0.2) is 4.79 Å². The monoisotopic (exact) mass is 596 g/mol. The first-order valence-corrected chi connectivity index (χ1v) is 12.7. The van der Waals surface area contributed by atoms with Gasteiger partial charge in [-0.1, -0.05) is 24.3 Å². The predicted octanol–water partition coefficient (Wildman–Crippen LogP) is 1.55. The second kappa shape index (κ2) is 13.3. The number of ketones is 1. The van der Waals surface area contributed by atoms with Crippen molar-refractivity contribution in [1.29, 1.82) is 0 Å². The Morgan fingerprint density at radius 2 is 1.42 bits per heavy atom. The zero-order chi connectivity index (χ0) is 31.3. The maximum Gasteiger partial charge on any atom is 0.330 e. The van der Waals surface area contributed by atoms with Crippen molar-refractivity contribution >= 4 is 23.9 Å². The van der Waals surface area contributed by atoms with Crippen molar-refractivity contribution in [2.24, 2.45) is 0 Å². The number of ether oxygens (including phenoxy) is 3. The average molecular weight is 597 g/mol. The van der Waals surface area contributed by atoms with E-state index in [2.05, 4.69) is 0 Å². The molecule has 8 N–H and O–H groups in total. The topological polar surface area (TPSA) is 224 Å². The molecular formula is C30H28O13. The van der Waals surface area contributed by atoms with Gasteiger partial charge in [-0.05, 0) is 59.7 Å². The molecule has 3 aromatic rings. The number of hydrogen-bond acceptors (Lipinski definition) is 13. The second-order valence-electron chi connectivity index (χ2n) is 9.44. The summed E-state index contributed by atoms with van der Waals surface area (Å²) >= 11 is 0. The molecule has 0 aromatic heterocycles. The van der Waals surface area contributed by atoms with Gasteiger partial charge in [-0.3, -0.25) is 4.79 Å². The highest BCUT2D eigenvalue weighted by Gasteiger charge is 2.45. The van der Waals surface area contributed by atoms with E-state index in [1.165, 1.54) is 42.5 Å². The molecule has 43 heavy (non-hydrogen) atoms. The fraction of sp³-hybridized carbons (Fsp3) is 0.200. The van der Waals surface area contributed by atoms with Crippen molar-refractivity contribution < 1.29 is 64.7 Å². The lowest BCUT2D eigenvalue weighted by molar-refractivity contribution is -0.278. The number of phenols is 5. The first-order chi connectivity index (χ1) is 20.4. The quantitative estimate of drug-likeness (QED) is 0.0761. The van der Waals surface area contributed by atoms with Crippen LogP contribution in [0, 0.1) is 0 Å². The Morgan fingerprint density at radius 1 is 0.744 bits per heavy atom. The standard InChI is InChI=1S/C30H28O13/c31-17-6-1-15(2-7-17)5-12-24(35)41-14-23-27(38)28(39)29(40)30(43-23)42-22-11-8-18(25(36)26(22)37)19(32)9-3-16-4-10-20(33)21(34)13-16/h1-13,23,27-31,33-34,36-40H,14H2/b9-3+,12-5+/t23-,27-,28+,29-,30-/m1/s1. The Bertz CT molecular complexity index is 1530. The lowest BCUT2D eigenvalue weighted by atomic mass is 9.99. The lowest BCUT2D eigenvalue weighted by Crippen LogP contribution is -2.60. The molecule has 0 amide bonds. The Kier molecular flexibility index (Phi) is 9.52. The number of aromatic hydroxyl groups is 5. The van der Waals surface area contributed by atoms with E-state index in [9.17, 15) is 50.4 Å². The van der Waals surface area contributed by atoms with Gasteiger partial charge in [0.2, 0.25) is 12.0 Å². The molecule has 1 aliphatic rings. The molecule has 1 fully saturated rings. The number of allylic oxidation sites excluding steroid dienone is 1. The van der Waals surface area contributed by atoms with Crippen LogP contribution in [0.3, 0.4) is 0 Å². The van der Waals surface area contributed by atoms with E-state index in [1.54, 1.807) is 12.1 Å². The molecule has 0 bridgehead atoms. The van der Waals surface area contributed by atoms with Gasteiger partial charge in [0.1, 0.15) is 36.8 Å². The summed E-state index contributed by atoms with van der Waals surface area (Å²) in [6, 6.07) is 12.0. The summed E-state index contributed by atoms with van der Waals surface area (Å²) < 4.78 is 16.0. The number of benzene rings is 3. The van der Waals surface area contributed by atoms with Gasteiger partial charge < -0.3 is 55.1 Å². The summed E-state index contributed by atoms with van der Waals surface area (Å²) in [6.07, 6.45) is -3.53. The highest BCUT2D eigenvalue weighted by molar-refractivity contribution is 6.09. The van der Waals surface area contributed by atoms with Crippen LogP contribution in [-0.2, 0) is 14.3 Å². The maximum absolute atomic E-state index is 12.6. The molecule has 4 rings (SSSR count). The first-order valence-electron chi connectivity index (χ1n) is 12.7. The van der Waals surface area contributed by atoms with Gasteiger partial charge in [0, 0.05) is 6.08 Å². The van der Waals surface area contributed by atoms with Crippen molar-refractivity contribution in [3.8, 4) is 34.5 Å². The van der Waals surface area contributed by atoms with E-state index in [4.69, 9.17) is 14.2 Å². The van der Waals surface area contributed by atoms with Crippen molar-refractivity contribution in [2.75, 3.05) is 6.61 Å². The molecule has 1 aliphatic heterocycles. The molecule has 3 aromatic carbocycles. The van der Waals surface area contributed by atoms with Crippen LogP contribution in [0.4, 0.5) is 0 Å². The molecule has 0 spiro atoms. The molecule has 0 radical (unpaired) electrons. The van der Waals surface area contributed by atoms with Crippen LogP contribution in [0.15, 0.2) is 66.7 Å². The van der Waals surface area contributed by atoms with E-state index < -0.39 is 72.1 Å². The molecule has 226 valence electrons. The number of esters is 1. The van der Waals surface area contributed by atoms with Crippen molar-refractivity contribution in [2.45, 2.75) is 30.7 Å². The van der Waals surface area contributed by atoms with Gasteiger partial charge >= 0.3 is 5.97 Å². The van der Waals surface area contributed by atoms with Gasteiger partial charge in [0.15, 0.2) is 28.8 Å². The SMILES string of the molecule is O=C(/C=C/c1ccc(O)cc1)OC[C@H]1O[C@@H](Oc2ccc(C(=O)/C=C/c3ccc(O)c(O)c3)c(O)c2O)[C@H](O)[C@@H](O)[C@@H]1O. The van der Waals surface area contributed by atoms with E-state index >= 15 is 0 Å². The molecule has 13 heteroatoms. The summed E-state index contributed by atoms with van der Waals surface area (Å²) in [5.41, 5.74) is 0.639.